The molecule has 2 N–H and O–H groups in total. The second-order valence-electron chi connectivity index (χ2n) is 3.75. The van der Waals surface area contributed by atoms with E-state index in [1.54, 1.807) is 14.0 Å². The Balaban J connectivity index is 2.35. The smallest absolute Gasteiger partial charge is 0.333 e. The van der Waals surface area contributed by atoms with Crippen LogP contribution < -0.4 is 9.88 Å². The molecular formula is C11H17NO5S. The number of hydrogen-bond acceptors (Lipinski definition) is 5. The fourth-order valence-electron chi connectivity index (χ4n) is 1.20. The van der Waals surface area contributed by atoms with Gasteiger partial charge in [0, 0.05) is 0 Å². The molecule has 102 valence electrons. The molecule has 0 aliphatic carbocycles. The number of methoxy groups -OCH3 is 1. The van der Waals surface area contributed by atoms with Crippen LogP contribution in [0.5, 0.6) is 5.75 Å². The second-order valence-corrected chi connectivity index (χ2v) is 4.97. The van der Waals surface area contributed by atoms with Crippen molar-refractivity contribution < 1.29 is 22.1 Å². The molecule has 1 atom stereocenters. The summed E-state index contributed by atoms with van der Waals surface area (Å²) in [5.41, 5.74) is 0.957. The highest BCUT2D eigenvalue weighted by Crippen LogP contribution is 2.12. The summed E-state index contributed by atoms with van der Waals surface area (Å²) in [4.78, 5) is 0. The van der Waals surface area contributed by atoms with Gasteiger partial charge in [-0.3, -0.25) is 4.18 Å². The Morgan fingerprint density at radius 1 is 1.28 bits per heavy atom. The Bertz CT molecular complexity index is 457. The Labute approximate surface area is 107 Å². The van der Waals surface area contributed by atoms with Crippen molar-refractivity contribution in [2.45, 2.75) is 19.6 Å². The Morgan fingerprint density at radius 2 is 1.89 bits per heavy atom. The molecule has 18 heavy (non-hydrogen) atoms. The first-order valence-electron chi connectivity index (χ1n) is 5.32. The maximum atomic E-state index is 10.6. The zero-order chi connectivity index (χ0) is 13.6. The Morgan fingerprint density at radius 3 is 2.39 bits per heavy atom. The molecule has 0 spiro atoms. The lowest BCUT2D eigenvalue weighted by molar-refractivity contribution is 0.0229. The van der Waals surface area contributed by atoms with Crippen LogP contribution in [-0.4, -0.2) is 28.2 Å². The number of rotatable bonds is 7. The lowest BCUT2D eigenvalue weighted by atomic mass is 10.2. The molecule has 1 unspecified atom stereocenters. The molecule has 0 amide bonds. The van der Waals surface area contributed by atoms with E-state index in [0.717, 1.165) is 11.3 Å². The van der Waals surface area contributed by atoms with E-state index in [1.807, 2.05) is 24.3 Å². The standard InChI is InChI=1S/C11H17NO5S/c1-9(7-17-18(12,13)14)16-8-10-3-5-11(15-2)6-4-10/h3-6,9H,7-8H2,1-2H3,(H2,12,13,14). The number of nitrogens with two attached hydrogens (primary N) is 1. The van der Waals surface area contributed by atoms with Crippen LogP contribution in [0.3, 0.4) is 0 Å². The minimum Gasteiger partial charge on any atom is -0.497 e. The Hall–Kier alpha value is -1.15. The molecule has 1 rings (SSSR count). The van der Waals surface area contributed by atoms with Gasteiger partial charge in [0.1, 0.15) is 5.75 Å². The molecule has 7 heteroatoms. The van der Waals surface area contributed by atoms with Crippen molar-refractivity contribution in [3.05, 3.63) is 29.8 Å². The maximum absolute atomic E-state index is 10.6. The topological polar surface area (TPSA) is 87.8 Å². The molecule has 6 nitrogen and oxygen atoms in total. The van der Waals surface area contributed by atoms with Gasteiger partial charge in [-0.15, -0.1) is 0 Å². The third-order valence-corrected chi connectivity index (χ3v) is 2.63. The van der Waals surface area contributed by atoms with E-state index in [0.29, 0.717) is 6.61 Å². The molecule has 0 fully saturated rings. The van der Waals surface area contributed by atoms with Crippen LogP contribution in [0.4, 0.5) is 0 Å². The van der Waals surface area contributed by atoms with Crippen LogP contribution in [0.15, 0.2) is 24.3 Å². The van der Waals surface area contributed by atoms with E-state index in [2.05, 4.69) is 4.18 Å². The molecule has 0 aliphatic heterocycles. The van der Waals surface area contributed by atoms with E-state index in [4.69, 9.17) is 14.6 Å². The lowest BCUT2D eigenvalue weighted by Gasteiger charge is -2.12. The van der Waals surface area contributed by atoms with Crippen molar-refractivity contribution in [3.8, 4) is 5.75 Å². The molecule has 0 aliphatic rings. The van der Waals surface area contributed by atoms with Crippen LogP contribution in [0.2, 0.25) is 0 Å². The molecule has 0 radical (unpaired) electrons. The van der Waals surface area contributed by atoms with Crippen molar-refractivity contribution in [2.75, 3.05) is 13.7 Å². The zero-order valence-corrected chi connectivity index (χ0v) is 11.1. The number of hydrogen-bond donors (Lipinski definition) is 1. The van der Waals surface area contributed by atoms with E-state index in [1.165, 1.54) is 0 Å². The number of ether oxygens (including phenoxy) is 2. The van der Waals surface area contributed by atoms with Gasteiger partial charge in [-0.05, 0) is 24.6 Å². The summed E-state index contributed by atoms with van der Waals surface area (Å²) >= 11 is 0. The number of benzene rings is 1. The van der Waals surface area contributed by atoms with Gasteiger partial charge in [-0.1, -0.05) is 12.1 Å². The first kappa shape index (κ1) is 14.9. The summed E-state index contributed by atoms with van der Waals surface area (Å²) < 4.78 is 36.0. The van der Waals surface area contributed by atoms with Crippen molar-refractivity contribution in [1.29, 1.82) is 0 Å². The van der Waals surface area contributed by atoms with Crippen molar-refractivity contribution >= 4 is 10.3 Å². The largest absolute Gasteiger partial charge is 0.497 e. The fraction of sp³-hybridized carbons (Fsp3) is 0.455. The van der Waals surface area contributed by atoms with Crippen LogP contribution in [-0.2, 0) is 25.8 Å². The minimum atomic E-state index is -3.91. The Kier molecular flexibility index (Phi) is 5.54. The molecule has 0 bridgehead atoms. The first-order valence-corrected chi connectivity index (χ1v) is 6.79. The van der Waals surface area contributed by atoms with Gasteiger partial charge in [-0.2, -0.15) is 8.42 Å². The summed E-state index contributed by atoms with van der Waals surface area (Å²) in [6.45, 7) is 1.96. The van der Waals surface area contributed by atoms with Gasteiger partial charge in [0.05, 0.1) is 26.4 Å². The van der Waals surface area contributed by atoms with Crippen LogP contribution >= 0.6 is 0 Å². The quantitative estimate of drug-likeness (QED) is 0.796. The molecular weight excluding hydrogens is 258 g/mol. The summed E-state index contributed by atoms with van der Waals surface area (Å²) in [6.07, 6.45) is -0.370. The molecule has 1 aromatic carbocycles. The summed E-state index contributed by atoms with van der Waals surface area (Å²) in [5.74, 6) is 0.768. The normalized spacial score (nSPS) is 13.3. The average molecular weight is 275 g/mol. The third kappa shape index (κ3) is 5.97. The van der Waals surface area contributed by atoms with Gasteiger partial charge in [0.2, 0.25) is 0 Å². The first-order chi connectivity index (χ1) is 8.40. The van der Waals surface area contributed by atoms with Gasteiger partial charge >= 0.3 is 10.3 Å². The molecule has 0 aromatic heterocycles. The summed E-state index contributed by atoms with van der Waals surface area (Å²) in [6, 6.07) is 7.38. The van der Waals surface area contributed by atoms with Crippen molar-refractivity contribution in [1.82, 2.24) is 0 Å². The SMILES string of the molecule is COc1ccc(COC(C)COS(N)(=O)=O)cc1. The maximum Gasteiger partial charge on any atom is 0.333 e. The van der Waals surface area contributed by atoms with Crippen LogP contribution in [0, 0.1) is 0 Å². The van der Waals surface area contributed by atoms with Gasteiger partial charge in [-0.25, -0.2) is 5.14 Å². The molecule has 1 aromatic rings. The predicted molar refractivity (Wildman–Crippen MR) is 66.3 cm³/mol. The zero-order valence-electron chi connectivity index (χ0n) is 10.3. The van der Waals surface area contributed by atoms with Gasteiger partial charge in [0.25, 0.3) is 0 Å². The highest BCUT2D eigenvalue weighted by Gasteiger charge is 2.08. The fourth-order valence-corrected chi connectivity index (χ4v) is 1.58. The second kappa shape index (κ2) is 6.69. The van der Waals surface area contributed by atoms with Gasteiger partial charge < -0.3 is 9.47 Å². The van der Waals surface area contributed by atoms with E-state index < -0.39 is 10.3 Å². The predicted octanol–water partition coefficient (Wildman–Crippen LogP) is 0.820. The van der Waals surface area contributed by atoms with E-state index in [9.17, 15) is 8.42 Å². The van der Waals surface area contributed by atoms with Crippen LogP contribution in [0.25, 0.3) is 0 Å². The highest BCUT2D eigenvalue weighted by molar-refractivity contribution is 7.84. The van der Waals surface area contributed by atoms with E-state index >= 15 is 0 Å². The summed E-state index contributed by atoms with van der Waals surface area (Å²) in [5, 5.41) is 4.70. The lowest BCUT2D eigenvalue weighted by Crippen LogP contribution is -2.23. The van der Waals surface area contributed by atoms with Crippen molar-refractivity contribution in [3.63, 3.8) is 0 Å². The monoisotopic (exact) mass is 275 g/mol. The van der Waals surface area contributed by atoms with Crippen LogP contribution in [0.1, 0.15) is 12.5 Å². The van der Waals surface area contributed by atoms with E-state index in [-0.39, 0.29) is 12.7 Å². The molecule has 0 heterocycles. The average Bonchev–Trinajstić information content (AvgIpc) is 2.33. The molecule has 0 saturated heterocycles. The van der Waals surface area contributed by atoms with Crippen molar-refractivity contribution in [2.24, 2.45) is 5.14 Å². The molecule has 0 saturated carbocycles. The summed E-state index contributed by atoms with van der Waals surface area (Å²) in [7, 11) is -2.31. The van der Waals surface area contributed by atoms with Gasteiger partial charge in [0.15, 0.2) is 0 Å². The minimum absolute atomic E-state index is 0.102. The highest BCUT2D eigenvalue weighted by atomic mass is 32.2. The third-order valence-electron chi connectivity index (χ3n) is 2.16.